The number of benzene rings is 1. The Hall–Kier alpha value is -0.970. The van der Waals surface area contributed by atoms with Gasteiger partial charge in [0.25, 0.3) is 0 Å². The highest BCUT2D eigenvalue weighted by Gasteiger charge is 2.34. The van der Waals surface area contributed by atoms with Gasteiger partial charge in [0.1, 0.15) is 0 Å². The maximum atomic E-state index is 6.25. The highest BCUT2D eigenvalue weighted by atomic mass is 35.5. The summed E-state index contributed by atoms with van der Waals surface area (Å²) in [5, 5.41) is 9.29. The molecule has 0 amide bonds. The Morgan fingerprint density at radius 2 is 2.10 bits per heavy atom. The Bertz CT molecular complexity index is 607. The maximum absolute atomic E-state index is 6.25. The summed E-state index contributed by atoms with van der Waals surface area (Å²) in [4.78, 5) is 2.52. The second-order valence-corrected chi connectivity index (χ2v) is 5.94. The minimum absolute atomic E-state index is 0. The first kappa shape index (κ1) is 14.0. The average Bonchev–Trinajstić information content (AvgIpc) is 2.85. The number of hydrogen-bond donors (Lipinski definition) is 1. The van der Waals surface area contributed by atoms with Crippen LogP contribution in [0.1, 0.15) is 12.8 Å². The van der Waals surface area contributed by atoms with Gasteiger partial charge in [-0.1, -0.05) is 22.8 Å². The molecule has 5 rings (SSSR count). The van der Waals surface area contributed by atoms with Gasteiger partial charge >= 0.3 is 0 Å². The smallest absolute Gasteiger partial charge is 0.179 e. The third-order valence-electron chi connectivity index (χ3n) is 4.43. The van der Waals surface area contributed by atoms with E-state index < -0.39 is 0 Å². The highest BCUT2D eigenvalue weighted by molar-refractivity contribution is 6.36. The van der Waals surface area contributed by atoms with Crippen LogP contribution in [0.3, 0.4) is 0 Å². The van der Waals surface area contributed by atoms with Gasteiger partial charge in [-0.3, -0.25) is 0 Å². The first-order chi connectivity index (χ1) is 9.31. The summed E-state index contributed by atoms with van der Waals surface area (Å²) in [7, 11) is 0. The molecule has 3 aliphatic heterocycles. The number of nitrogens with one attached hydrogen (secondary N) is 1. The Morgan fingerprint density at radius 1 is 1.30 bits per heavy atom. The van der Waals surface area contributed by atoms with Crippen LogP contribution >= 0.6 is 24.0 Å². The molecule has 2 aromatic rings. The van der Waals surface area contributed by atoms with Gasteiger partial charge in [-0.15, -0.1) is 12.4 Å². The van der Waals surface area contributed by atoms with E-state index in [9.17, 15) is 0 Å². The van der Waals surface area contributed by atoms with Crippen LogP contribution in [0.25, 0.3) is 11.0 Å². The fourth-order valence-corrected chi connectivity index (χ4v) is 3.61. The van der Waals surface area contributed by atoms with Crippen molar-refractivity contribution in [3.05, 3.63) is 23.2 Å². The molecule has 1 N–H and O–H groups in total. The van der Waals surface area contributed by atoms with Crippen molar-refractivity contribution in [2.24, 2.45) is 5.92 Å². The number of nitrogens with zero attached hydrogens (tertiary/aromatic N) is 2. The third kappa shape index (κ3) is 2.26. The van der Waals surface area contributed by atoms with Gasteiger partial charge in [-0.25, -0.2) is 0 Å². The standard InChI is InChI=1S/C14H16ClN3O.ClH/c15-10-2-1-3-12-13(10)14(17-19-12)16-11-8-18-6-4-9(11)5-7-18;/h1-3,9,11H,4-8H2,(H,16,17);1H/t11-;/m0./s1. The number of rotatable bonds is 2. The van der Waals surface area contributed by atoms with E-state index in [0.717, 1.165) is 29.2 Å². The lowest BCUT2D eigenvalue weighted by Gasteiger charge is -2.44. The average molecular weight is 314 g/mol. The fraction of sp³-hybridized carbons (Fsp3) is 0.500. The molecule has 1 atom stereocenters. The molecule has 3 fully saturated rings. The van der Waals surface area contributed by atoms with E-state index in [1.54, 1.807) is 0 Å². The van der Waals surface area contributed by atoms with Gasteiger partial charge < -0.3 is 14.7 Å². The van der Waals surface area contributed by atoms with Gasteiger partial charge in [-0.2, -0.15) is 0 Å². The molecule has 1 aromatic carbocycles. The van der Waals surface area contributed by atoms with Crippen molar-refractivity contribution in [1.82, 2.24) is 10.1 Å². The number of aromatic nitrogens is 1. The number of fused-ring (bicyclic) bond motifs is 4. The Morgan fingerprint density at radius 3 is 2.80 bits per heavy atom. The molecular formula is C14H17Cl2N3O. The summed E-state index contributed by atoms with van der Waals surface area (Å²) < 4.78 is 5.34. The lowest BCUT2D eigenvalue weighted by atomic mass is 9.84. The minimum Gasteiger partial charge on any atom is -0.362 e. The minimum atomic E-state index is 0. The zero-order valence-electron chi connectivity index (χ0n) is 11.0. The predicted molar refractivity (Wildman–Crippen MR) is 82.8 cm³/mol. The van der Waals surface area contributed by atoms with Crippen molar-refractivity contribution < 1.29 is 4.52 Å². The van der Waals surface area contributed by atoms with Crippen LogP contribution in [0.2, 0.25) is 5.02 Å². The summed E-state index contributed by atoms with van der Waals surface area (Å²) >= 11 is 6.25. The SMILES string of the molecule is Cl.Clc1cccc2onc(N[C@H]3CN4CCC3CC4)c12. The molecule has 6 heteroatoms. The molecule has 0 aliphatic carbocycles. The third-order valence-corrected chi connectivity index (χ3v) is 4.74. The van der Waals surface area contributed by atoms with Crippen LogP contribution in [-0.4, -0.2) is 35.7 Å². The monoisotopic (exact) mass is 313 g/mol. The summed E-state index contributed by atoms with van der Waals surface area (Å²) in [6, 6.07) is 6.12. The molecule has 0 spiro atoms. The van der Waals surface area contributed by atoms with Gasteiger partial charge in [-0.05, 0) is 44.0 Å². The highest BCUT2D eigenvalue weighted by Crippen LogP contribution is 2.34. The maximum Gasteiger partial charge on any atom is 0.179 e. The lowest BCUT2D eigenvalue weighted by molar-refractivity contribution is 0.0973. The molecule has 1 aromatic heterocycles. The molecule has 0 saturated carbocycles. The zero-order chi connectivity index (χ0) is 12.8. The summed E-state index contributed by atoms with van der Waals surface area (Å²) in [6.45, 7) is 3.58. The first-order valence-corrected chi connectivity index (χ1v) is 7.22. The van der Waals surface area contributed by atoms with Gasteiger partial charge in [0.05, 0.1) is 10.4 Å². The van der Waals surface area contributed by atoms with Gasteiger partial charge in [0.2, 0.25) is 0 Å². The molecule has 4 heterocycles. The van der Waals surface area contributed by atoms with Crippen molar-refractivity contribution in [2.45, 2.75) is 18.9 Å². The van der Waals surface area contributed by atoms with Crippen LogP contribution in [0.4, 0.5) is 5.82 Å². The summed E-state index contributed by atoms with van der Waals surface area (Å²) in [6.07, 6.45) is 2.56. The topological polar surface area (TPSA) is 41.3 Å². The van der Waals surface area contributed by atoms with Crippen LogP contribution < -0.4 is 5.32 Å². The second kappa shape index (κ2) is 5.43. The van der Waals surface area contributed by atoms with Crippen LogP contribution in [0.5, 0.6) is 0 Å². The van der Waals surface area contributed by atoms with Gasteiger partial charge in [0.15, 0.2) is 11.4 Å². The van der Waals surface area contributed by atoms with Crippen molar-refractivity contribution in [1.29, 1.82) is 0 Å². The molecule has 3 aliphatic rings. The number of hydrogen-bond acceptors (Lipinski definition) is 4. The quantitative estimate of drug-likeness (QED) is 0.922. The van der Waals surface area contributed by atoms with Crippen LogP contribution in [0, 0.1) is 5.92 Å². The van der Waals surface area contributed by atoms with Crippen LogP contribution in [0.15, 0.2) is 22.7 Å². The van der Waals surface area contributed by atoms with Gasteiger partial charge in [0, 0.05) is 12.6 Å². The van der Waals surface area contributed by atoms with E-state index in [1.807, 2.05) is 18.2 Å². The van der Waals surface area contributed by atoms with E-state index in [4.69, 9.17) is 16.1 Å². The second-order valence-electron chi connectivity index (χ2n) is 5.53. The molecule has 4 nitrogen and oxygen atoms in total. The number of piperidine rings is 3. The number of halogens is 2. The van der Waals surface area contributed by atoms with E-state index in [-0.39, 0.29) is 12.4 Å². The van der Waals surface area contributed by atoms with Crippen molar-refractivity contribution >= 4 is 40.8 Å². The predicted octanol–water partition coefficient (Wildman–Crippen LogP) is 3.41. The van der Waals surface area contributed by atoms with E-state index in [0.29, 0.717) is 11.1 Å². The zero-order valence-corrected chi connectivity index (χ0v) is 12.6. The van der Waals surface area contributed by atoms with E-state index in [1.165, 1.54) is 25.9 Å². The van der Waals surface area contributed by atoms with E-state index >= 15 is 0 Å². The lowest BCUT2D eigenvalue weighted by Crippen LogP contribution is -2.53. The largest absolute Gasteiger partial charge is 0.362 e. The van der Waals surface area contributed by atoms with Crippen LogP contribution in [-0.2, 0) is 0 Å². The molecule has 0 radical (unpaired) electrons. The molecule has 20 heavy (non-hydrogen) atoms. The Balaban J connectivity index is 0.00000121. The number of anilines is 1. The van der Waals surface area contributed by atoms with Crippen molar-refractivity contribution in [2.75, 3.05) is 25.0 Å². The Labute approximate surface area is 128 Å². The van der Waals surface area contributed by atoms with Crippen molar-refractivity contribution in [3.8, 4) is 0 Å². The molecule has 108 valence electrons. The normalized spacial score (nSPS) is 28.4. The Kier molecular flexibility index (Phi) is 3.80. The summed E-state index contributed by atoms with van der Waals surface area (Å²) in [5.41, 5.74) is 0.747. The summed E-state index contributed by atoms with van der Waals surface area (Å²) in [5.74, 6) is 1.54. The first-order valence-electron chi connectivity index (χ1n) is 6.84. The fourth-order valence-electron chi connectivity index (χ4n) is 3.35. The molecule has 3 saturated heterocycles. The van der Waals surface area contributed by atoms with E-state index in [2.05, 4.69) is 15.4 Å². The molecule has 0 unspecified atom stereocenters. The van der Waals surface area contributed by atoms with Crippen molar-refractivity contribution in [3.63, 3.8) is 0 Å². The molecular weight excluding hydrogens is 297 g/mol. The molecule has 2 bridgehead atoms.